The van der Waals surface area contributed by atoms with Crippen molar-refractivity contribution >= 4 is 18.4 Å². The number of aliphatic hydroxyl groups excluding tert-OH is 1. The van der Waals surface area contributed by atoms with Gasteiger partial charge in [0.15, 0.2) is 0 Å². The summed E-state index contributed by atoms with van der Waals surface area (Å²) in [5, 5.41) is 17.4. The van der Waals surface area contributed by atoms with Crippen LogP contribution in [-0.4, -0.2) is 34.0 Å². The van der Waals surface area contributed by atoms with E-state index in [1.54, 1.807) is 0 Å². The van der Waals surface area contributed by atoms with Crippen LogP contribution >= 0.6 is 12.4 Å². The highest BCUT2D eigenvalue weighted by molar-refractivity contribution is 5.85. The summed E-state index contributed by atoms with van der Waals surface area (Å²) in [6.45, 7) is 0. The average Bonchev–Trinajstić information content (AvgIpc) is 2.09. The van der Waals surface area contributed by atoms with Crippen molar-refractivity contribution in [1.82, 2.24) is 0 Å². The number of nitrogens with two attached hydrogens (primary N) is 1. The van der Waals surface area contributed by atoms with E-state index < -0.39 is 23.8 Å². The number of carboxylic acids is 1. The van der Waals surface area contributed by atoms with Gasteiger partial charge in [-0.25, -0.2) is 4.39 Å². The van der Waals surface area contributed by atoms with Crippen molar-refractivity contribution in [2.75, 3.05) is 0 Å². The number of alkyl halides is 1. The third kappa shape index (κ3) is 1.85. The molecular formula is C6H11ClFNO3. The molecule has 0 saturated heterocycles. The van der Waals surface area contributed by atoms with Crippen LogP contribution in [0, 0.1) is 0 Å². The van der Waals surface area contributed by atoms with E-state index in [9.17, 15) is 9.18 Å². The largest absolute Gasteiger partial charge is 0.480 e. The fourth-order valence-electron chi connectivity index (χ4n) is 1.24. The normalized spacial score (nSPS) is 40.6. The molecule has 1 rings (SSSR count). The van der Waals surface area contributed by atoms with Crippen molar-refractivity contribution in [3.63, 3.8) is 0 Å². The number of aliphatic hydroxyl groups is 1. The van der Waals surface area contributed by atoms with Crippen LogP contribution in [0.5, 0.6) is 0 Å². The molecule has 0 aliphatic heterocycles. The van der Waals surface area contributed by atoms with Gasteiger partial charge in [-0.2, -0.15) is 0 Å². The van der Waals surface area contributed by atoms with Crippen LogP contribution in [0.3, 0.4) is 0 Å². The lowest BCUT2D eigenvalue weighted by molar-refractivity contribution is -0.143. The third-order valence-corrected chi connectivity index (χ3v) is 1.98. The Balaban J connectivity index is 0.00000121. The van der Waals surface area contributed by atoms with Crippen LogP contribution in [-0.2, 0) is 4.79 Å². The van der Waals surface area contributed by atoms with Crippen molar-refractivity contribution in [2.24, 2.45) is 5.73 Å². The van der Waals surface area contributed by atoms with E-state index in [1.165, 1.54) is 0 Å². The van der Waals surface area contributed by atoms with Gasteiger partial charge in [-0.15, -0.1) is 12.4 Å². The van der Waals surface area contributed by atoms with E-state index in [-0.39, 0.29) is 25.2 Å². The summed E-state index contributed by atoms with van der Waals surface area (Å²) in [7, 11) is 0. The molecule has 3 atom stereocenters. The van der Waals surface area contributed by atoms with Crippen molar-refractivity contribution in [3.8, 4) is 0 Å². The molecule has 1 saturated carbocycles. The smallest absolute Gasteiger partial charge is 0.323 e. The van der Waals surface area contributed by atoms with Gasteiger partial charge in [-0.3, -0.25) is 4.79 Å². The number of aliphatic carboxylic acids is 1. The highest BCUT2D eigenvalue weighted by atomic mass is 35.5. The molecule has 0 amide bonds. The summed E-state index contributed by atoms with van der Waals surface area (Å²) >= 11 is 0. The van der Waals surface area contributed by atoms with Crippen molar-refractivity contribution in [1.29, 1.82) is 0 Å². The molecule has 4 N–H and O–H groups in total. The van der Waals surface area contributed by atoms with E-state index in [4.69, 9.17) is 15.9 Å². The van der Waals surface area contributed by atoms with Gasteiger partial charge in [-0.05, 0) is 0 Å². The molecule has 0 radical (unpaired) electrons. The Morgan fingerprint density at radius 2 is 2.08 bits per heavy atom. The zero-order valence-electron chi connectivity index (χ0n) is 6.24. The number of hydrogen-bond donors (Lipinski definition) is 3. The molecule has 4 nitrogen and oxygen atoms in total. The first-order valence-electron chi connectivity index (χ1n) is 3.30. The molecule has 6 heteroatoms. The molecule has 12 heavy (non-hydrogen) atoms. The average molecular weight is 200 g/mol. The van der Waals surface area contributed by atoms with Crippen LogP contribution < -0.4 is 5.73 Å². The first-order valence-corrected chi connectivity index (χ1v) is 3.30. The lowest BCUT2D eigenvalue weighted by Crippen LogP contribution is -2.46. The second-order valence-electron chi connectivity index (χ2n) is 2.95. The molecular weight excluding hydrogens is 189 g/mol. The minimum Gasteiger partial charge on any atom is -0.480 e. The maximum Gasteiger partial charge on any atom is 0.323 e. The first-order chi connectivity index (χ1) is 4.96. The lowest BCUT2D eigenvalue weighted by Gasteiger charge is -2.15. The predicted octanol–water partition coefficient (Wildman–Crippen LogP) is -0.317. The quantitative estimate of drug-likeness (QED) is 0.541. The molecule has 0 aromatic carbocycles. The zero-order valence-corrected chi connectivity index (χ0v) is 7.05. The second kappa shape index (κ2) is 3.55. The lowest BCUT2D eigenvalue weighted by atomic mass is 10.00. The van der Waals surface area contributed by atoms with Crippen LogP contribution in [0.4, 0.5) is 4.39 Å². The van der Waals surface area contributed by atoms with Crippen LogP contribution in [0.1, 0.15) is 12.8 Å². The summed E-state index contributed by atoms with van der Waals surface area (Å²) in [5.74, 6) is -1.25. The van der Waals surface area contributed by atoms with Crippen LogP contribution in [0.15, 0.2) is 0 Å². The Morgan fingerprint density at radius 3 is 2.25 bits per heavy atom. The number of rotatable bonds is 1. The molecule has 72 valence electrons. The first kappa shape index (κ1) is 11.6. The number of carbonyl (C=O) groups is 1. The van der Waals surface area contributed by atoms with Crippen LogP contribution in [0.25, 0.3) is 0 Å². The van der Waals surface area contributed by atoms with Crippen molar-refractivity contribution < 1.29 is 19.4 Å². The van der Waals surface area contributed by atoms with Crippen LogP contribution in [0.2, 0.25) is 0 Å². The summed E-state index contributed by atoms with van der Waals surface area (Å²) < 4.78 is 12.6. The highest BCUT2D eigenvalue weighted by Gasteiger charge is 2.47. The molecule has 2 unspecified atom stereocenters. The summed E-state index contributed by atoms with van der Waals surface area (Å²) in [5.41, 5.74) is 3.71. The monoisotopic (exact) mass is 199 g/mol. The SMILES string of the molecule is Cl.N[C@@]1(C(=O)O)CC(O)C(F)C1. The summed E-state index contributed by atoms with van der Waals surface area (Å²) in [4.78, 5) is 10.4. The van der Waals surface area contributed by atoms with Crippen molar-refractivity contribution in [2.45, 2.75) is 30.7 Å². The van der Waals surface area contributed by atoms with Gasteiger partial charge in [0.1, 0.15) is 11.7 Å². The second-order valence-corrected chi connectivity index (χ2v) is 2.95. The molecule has 1 aliphatic carbocycles. The fourth-order valence-corrected chi connectivity index (χ4v) is 1.24. The molecule has 1 aliphatic rings. The topological polar surface area (TPSA) is 83.6 Å². The predicted molar refractivity (Wildman–Crippen MR) is 41.9 cm³/mol. The minimum atomic E-state index is -1.57. The summed E-state index contributed by atoms with van der Waals surface area (Å²) in [6.07, 6.45) is -3.24. The maximum atomic E-state index is 12.6. The van der Waals surface area contributed by atoms with Gasteiger partial charge in [-0.1, -0.05) is 0 Å². The molecule has 1 fully saturated rings. The fraction of sp³-hybridized carbons (Fsp3) is 0.833. The number of hydrogen-bond acceptors (Lipinski definition) is 3. The van der Waals surface area contributed by atoms with Gasteiger partial charge in [0.25, 0.3) is 0 Å². The molecule has 0 heterocycles. The van der Waals surface area contributed by atoms with E-state index in [0.29, 0.717) is 0 Å². The van der Waals surface area contributed by atoms with Gasteiger partial charge in [0.05, 0.1) is 6.10 Å². The molecule has 0 aromatic rings. The van der Waals surface area contributed by atoms with Gasteiger partial charge >= 0.3 is 5.97 Å². The van der Waals surface area contributed by atoms with E-state index in [2.05, 4.69) is 0 Å². The van der Waals surface area contributed by atoms with E-state index in [1.807, 2.05) is 0 Å². The number of halogens is 2. The van der Waals surface area contributed by atoms with Gasteiger partial charge in [0, 0.05) is 12.8 Å². The molecule has 0 spiro atoms. The molecule has 0 aromatic heterocycles. The van der Waals surface area contributed by atoms with Gasteiger partial charge < -0.3 is 15.9 Å². The van der Waals surface area contributed by atoms with E-state index in [0.717, 1.165) is 0 Å². The van der Waals surface area contributed by atoms with Crippen molar-refractivity contribution in [3.05, 3.63) is 0 Å². The zero-order chi connectivity index (χ0) is 8.65. The Kier molecular flexibility index (Phi) is 3.44. The Labute approximate surface area is 75.0 Å². The number of carboxylic acid groups (broad SMARTS) is 1. The minimum absolute atomic E-state index is 0. The molecule has 0 bridgehead atoms. The highest BCUT2D eigenvalue weighted by Crippen LogP contribution is 2.30. The Morgan fingerprint density at radius 1 is 1.58 bits per heavy atom. The maximum absolute atomic E-state index is 12.6. The van der Waals surface area contributed by atoms with Gasteiger partial charge in [0.2, 0.25) is 0 Å². The summed E-state index contributed by atoms with van der Waals surface area (Å²) in [6, 6.07) is 0. The Bertz CT molecular complexity index is 180. The van der Waals surface area contributed by atoms with E-state index >= 15 is 0 Å². The third-order valence-electron chi connectivity index (χ3n) is 1.98. The standard InChI is InChI=1S/C6H10FNO3.ClH/c7-3-1-6(8,5(10)11)2-4(3)9;/h3-4,9H,1-2,8H2,(H,10,11);1H/t3?,4?,6-;/m1./s1. The Hall–Kier alpha value is -0.390.